The Bertz CT molecular complexity index is 1480. The van der Waals surface area contributed by atoms with Gasteiger partial charge in [-0.2, -0.15) is 0 Å². The van der Waals surface area contributed by atoms with Crippen molar-refractivity contribution >= 4 is 50.8 Å². The molecule has 5 aromatic rings. The van der Waals surface area contributed by atoms with Crippen molar-refractivity contribution in [2.24, 2.45) is 0 Å². The van der Waals surface area contributed by atoms with Gasteiger partial charge in [-0.05, 0) is 58.4 Å². The van der Waals surface area contributed by atoms with Gasteiger partial charge in [0.05, 0.1) is 15.7 Å². The third-order valence-electron chi connectivity index (χ3n) is 6.35. The van der Waals surface area contributed by atoms with Crippen LogP contribution in [0.2, 0.25) is 0 Å². The van der Waals surface area contributed by atoms with Crippen LogP contribution in [0.3, 0.4) is 0 Å². The Morgan fingerprint density at radius 1 is 0.818 bits per heavy atom. The average molecular weight is 460 g/mol. The van der Waals surface area contributed by atoms with Crippen molar-refractivity contribution < 1.29 is 8.63 Å². The molecular weight excluding hydrogens is 433 g/mol. The van der Waals surface area contributed by atoms with Crippen molar-refractivity contribution in [1.29, 1.82) is 0 Å². The summed E-state index contributed by atoms with van der Waals surface area (Å²) >= 11 is 1.55. The van der Waals surface area contributed by atoms with Crippen LogP contribution in [0.4, 0.5) is 8.63 Å². The van der Waals surface area contributed by atoms with Gasteiger partial charge in [0.2, 0.25) is 0 Å². The van der Waals surface area contributed by atoms with E-state index in [0.717, 1.165) is 42.7 Å². The third kappa shape index (κ3) is 3.65. The Morgan fingerprint density at radius 2 is 1.48 bits per heavy atom. The summed E-state index contributed by atoms with van der Waals surface area (Å²) < 4.78 is 31.4. The summed E-state index contributed by atoms with van der Waals surface area (Å²) in [4.78, 5) is 4.84. The third-order valence-corrected chi connectivity index (χ3v) is 7.42. The molecule has 0 aliphatic heterocycles. The Balaban J connectivity index is 1.96. The molecule has 3 aromatic carbocycles. The highest BCUT2D eigenvalue weighted by atomic mass is 32.1. The second-order valence-electron chi connectivity index (χ2n) is 10.8. The van der Waals surface area contributed by atoms with Gasteiger partial charge in [-0.15, -0.1) is 11.3 Å². The van der Waals surface area contributed by atoms with Crippen LogP contribution in [0.15, 0.2) is 54.6 Å². The van der Waals surface area contributed by atoms with Crippen molar-refractivity contribution in [1.82, 2.24) is 9.46 Å². The van der Waals surface area contributed by atoms with Crippen molar-refractivity contribution in [3.63, 3.8) is 0 Å². The van der Waals surface area contributed by atoms with E-state index in [1.165, 1.54) is 4.48 Å². The van der Waals surface area contributed by atoms with Gasteiger partial charge < -0.3 is 4.48 Å². The first-order valence-corrected chi connectivity index (χ1v) is 12.0. The van der Waals surface area contributed by atoms with Crippen LogP contribution in [0.5, 0.6) is 0 Å². The standard InChI is InChI=1S/C27H27BF2N2S/c1-26(2,3)16-11-12-22-18(13-16)19-14-17(27(4,5)6)15-20(24(19)32(22)28(29)30)25-31-21-9-7-8-10-23(21)33-25/h7-15H,1-6H3. The maximum absolute atomic E-state index is 14.6. The molecule has 0 N–H and O–H groups in total. The summed E-state index contributed by atoms with van der Waals surface area (Å²) in [5.74, 6) is 0. The van der Waals surface area contributed by atoms with Crippen LogP contribution >= 0.6 is 11.3 Å². The molecule has 0 atom stereocenters. The van der Waals surface area contributed by atoms with Crippen molar-refractivity contribution in [2.45, 2.75) is 52.4 Å². The molecule has 5 rings (SSSR count). The summed E-state index contributed by atoms with van der Waals surface area (Å²) in [6.07, 6.45) is 0. The smallest absolute Gasteiger partial charge is 0.324 e. The summed E-state index contributed by atoms with van der Waals surface area (Å²) in [6, 6.07) is 18.0. The number of hydrogen-bond acceptors (Lipinski definition) is 2. The number of hydrogen-bond donors (Lipinski definition) is 0. The lowest BCUT2D eigenvalue weighted by molar-refractivity contribution is 0.590. The zero-order valence-electron chi connectivity index (χ0n) is 19.8. The van der Waals surface area contributed by atoms with E-state index in [9.17, 15) is 8.63 Å². The van der Waals surface area contributed by atoms with Crippen molar-refractivity contribution in [2.75, 3.05) is 0 Å². The largest absolute Gasteiger partial charge is 0.678 e. The Kier molecular flexibility index (Phi) is 4.95. The molecule has 2 aromatic heterocycles. The van der Waals surface area contributed by atoms with Gasteiger partial charge >= 0.3 is 7.40 Å². The zero-order valence-corrected chi connectivity index (χ0v) is 20.6. The summed E-state index contributed by atoms with van der Waals surface area (Å²) in [7, 11) is -2.65. The SMILES string of the molecule is CC(C)(C)c1ccc2c(c1)c1cc(C(C)(C)C)cc(-c3nc4ccccc4s3)c1n2B(F)F. The predicted octanol–water partition coefficient (Wildman–Crippen LogP) is 8.44. The fourth-order valence-corrected chi connectivity index (χ4v) is 5.42. The number of nitrogens with zero attached hydrogens (tertiary/aromatic N) is 2. The van der Waals surface area contributed by atoms with Crippen LogP contribution in [0, 0.1) is 0 Å². The van der Waals surface area contributed by atoms with Crippen LogP contribution < -0.4 is 0 Å². The highest BCUT2D eigenvalue weighted by Crippen LogP contribution is 2.43. The molecule has 2 nitrogen and oxygen atoms in total. The van der Waals surface area contributed by atoms with Crippen LogP contribution in [0.1, 0.15) is 52.7 Å². The normalized spacial score (nSPS) is 12.8. The first-order chi connectivity index (χ1) is 15.4. The van der Waals surface area contributed by atoms with Crippen LogP contribution in [-0.4, -0.2) is 16.9 Å². The number of para-hydroxylation sites is 1. The van der Waals surface area contributed by atoms with E-state index in [1.807, 2.05) is 36.4 Å². The van der Waals surface area contributed by atoms with Gasteiger partial charge in [0.15, 0.2) is 0 Å². The van der Waals surface area contributed by atoms with E-state index < -0.39 is 7.40 Å². The molecule has 33 heavy (non-hydrogen) atoms. The molecule has 0 bridgehead atoms. The second-order valence-corrected chi connectivity index (χ2v) is 11.8. The molecule has 0 aliphatic carbocycles. The van der Waals surface area contributed by atoms with E-state index >= 15 is 0 Å². The van der Waals surface area contributed by atoms with Crippen molar-refractivity contribution in [3.8, 4) is 10.6 Å². The quantitative estimate of drug-likeness (QED) is 0.242. The number of aromatic nitrogens is 2. The highest BCUT2D eigenvalue weighted by Gasteiger charge is 2.29. The summed E-state index contributed by atoms with van der Waals surface area (Å²) in [6.45, 7) is 12.9. The van der Waals surface area contributed by atoms with Gasteiger partial charge in [0, 0.05) is 21.9 Å². The minimum atomic E-state index is -2.65. The molecular formula is C27H27BF2N2S. The fourth-order valence-electron chi connectivity index (χ4n) is 4.43. The van der Waals surface area contributed by atoms with Crippen LogP contribution in [0.25, 0.3) is 42.6 Å². The highest BCUT2D eigenvalue weighted by molar-refractivity contribution is 7.21. The van der Waals surface area contributed by atoms with Gasteiger partial charge in [0.25, 0.3) is 0 Å². The first kappa shape index (κ1) is 22.1. The number of fused-ring (bicyclic) bond motifs is 4. The van der Waals surface area contributed by atoms with E-state index in [2.05, 4.69) is 59.7 Å². The molecule has 0 saturated carbocycles. The topological polar surface area (TPSA) is 17.8 Å². The zero-order chi connectivity index (χ0) is 23.7. The maximum Gasteiger partial charge on any atom is 0.678 e. The second kappa shape index (κ2) is 7.39. The first-order valence-electron chi connectivity index (χ1n) is 11.2. The van der Waals surface area contributed by atoms with E-state index in [4.69, 9.17) is 4.98 Å². The molecule has 2 heterocycles. The number of rotatable bonds is 2. The summed E-state index contributed by atoms with van der Waals surface area (Å²) in [5, 5.41) is 2.50. The molecule has 0 amide bonds. The lowest BCUT2D eigenvalue weighted by Crippen LogP contribution is -2.14. The van der Waals surface area contributed by atoms with E-state index in [0.29, 0.717) is 11.0 Å². The fraction of sp³-hybridized carbons (Fsp3) is 0.296. The molecule has 0 unspecified atom stereocenters. The van der Waals surface area contributed by atoms with Gasteiger partial charge in [-0.3, -0.25) is 8.63 Å². The minimum Gasteiger partial charge on any atom is -0.324 e. The summed E-state index contributed by atoms with van der Waals surface area (Å²) in [5.41, 5.74) is 4.80. The monoisotopic (exact) mass is 460 g/mol. The molecule has 0 radical (unpaired) electrons. The molecule has 6 heteroatoms. The lowest BCUT2D eigenvalue weighted by Gasteiger charge is -2.21. The molecule has 0 saturated heterocycles. The molecule has 0 fully saturated rings. The number of thiazole rings is 1. The lowest BCUT2D eigenvalue weighted by atomic mass is 9.84. The molecule has 0 spiro atoms. The Labute approximate surface area is 197 Å². The molecule has 168 valence electrons. The van der Waals surface area contributed by atoms with Gasteiger partial charge in [0.1, 0.15) is 5.01 Å². The van der Waals surface area contributed by atoms with Crippen molar-refractivity contribution in [3.05, 3.63) is 65.7 Å². The maximum atomic E-state index is 14.6. The van der Waals surface area contributed by atoms with E-state index in [-0.39, 0.29) is 10.8 Å². The Hall–Kier alpha value is -2.73. The van der Waals surface area contributed by atoms with Gasteiger partial charge in [-0.25, -0.2) is 4.98 Å². The number of halogens is 2. The Morgan fingerprint density at radius 3 is 2.12 bits per heavy atom. The van der Waals surface area contributed by atoms with E-state index in [1.54, 1.807) is 11.3 Å². The van der Waals surface area contributed by atoms with Gasteiger partial charge in [-0.1, -0.05) is 59.7 Å². The number of benzene rings is 3. The average Bonchev–Trinajstić information content (AvgIpc) is 3.30. The molecule has 0 aliphatic rings. The minimum absolute atomic E-state index is 0.0784. The van der Waals surface area contributed by atoms with Crippen LogP contribution in [-0.2, 0) is 10.8 Å². The predicted molar refractivity (Wildman–Crippen MR) is 139 cm³/mol.